The third-order valence-electron chi connectivity index (χ3n) is 4.08. The zero-order valence-electron chi connectivity index (χ0n) is 12.9. The number of amides is 1. The second kappa shape index (κ2) is 5.91. The highest BCUT2D eigenvalue weighted by Gasteiger charge is 2.27. The van der Waals surface area contributed by atoms with Crippen molar-refractivity contribution in [2.24, 2.45) is 11.8 Å². The van der Waals surface area contributed by atoms with Crippen molar-refractivity contribution >= 4 is 5.91 Å². The number of imidazole rings is 1. The summed E-state index contributed by atoms with van der Waals surface area (Å²) in [6.07, 6.45) is 4.46. The van der Waals surface area contributed by atoms with E-state index >= 15 is 0 Å². The summed E-state index contributed by atoms with van der Waals surface area (Å²) in [5.74, 6) is 0.731. The molecule has 1 aromatic heterocycles. The molecule has 4 nitrogen and oxygen atoms in total. The van der Waals surface area contributed by atoms with Crippen LogP contribution >= 0.6 is 0 Å². The molecule has 0 spiro atoms. The molecule has 1 aliphatic heterocycles. The molecule has 0 N–H and O–H groups in total. The van der Waals surface area contributed by atoms with Crippen molar-refractivity contribution in [1.29, 1.82) is 0 Å². The minimum absolute atomic E-state index is 0.0285. The van der Waals surface area contributed by atoms with E-state index in [1.54, 1.807) is 29.2 Å². The van der Waals surface area contributed by atoms with Gasteiger partial charge in [0.05, 0.1) is 0 Å². The molecule has 1 aliphatic rings. The van der Waals surface area contributed by atoms with Gasteiger partial charge in [-0.2, -0.15) is 0 Å². The molecule has 0 radical (unpaired) electrons. The lowest BCUT2D eigenvalue weighted by atomic mass is 9.92. The normalized spacial score (nSPS) is 21.9. The second-order valence-electron chi connectivity index (χ2n) is 6.30. The van der Waals surface area contributed by atoms with E-state index in [2.05, 4.69) is 18.8 Å². The molecule has 2 aromatic rings. The van der Waals surface area contributed by atoms with Gasteiger partial charge >= 0.3 is 0 Å². The van der Waals surface area contributed by atoms with Crippen LogP contribution < -0.4 is 0 Å². The third kappa shape index (κ3) is 3.03. The van der Waals surface area contributed by atoms with Gasteiger partial charge in [-0.3, -0.25) is 4.79 Å². The number of carbonyl (C=O) groups excluding carboxylic acids is 1. The molecule has 1 aromatic carbocycles. The van der Waals surface area contributed by atoms with E-state index in [0.717, 1.165) is 25.2 Å². The SMILES string of the molecule is CC1CC(C)CN(C(=O)c2cn(-c3ccc(F)cc3)cn2)C1. The Hall–Kier alpha value is -2.17. The first-order chi connectivity index (χ1) is 10.5. The van der Waals surface area contributed by atoms with E-state index in [4.69, 9.17) is 0 Å². The summed E-state index contributed by atoms with van der Waals surface area (Å²) in [7, 11) is 0. The van der Waals surface area contributed by atoms with Crippen LogP contribution in [0.1, 0.15) is 30.8 Å². The first-order valence-corrected chi connectivity index (χ1v) is 7.62. The highest BCUT2D eigenvalue weighted by atomic mass is 19.1. The van der Waals surface area contributed by atoms with Crippen molar-refractivity contribution < 1.29 is 9.18 Å². The van der Waals surface area contributed by atoms with Crippen molar-refractivity contribution in [3.05, 3.63) is 48.3 Å². The zero-order valence-corrected chi connectivity index (χ0v) is 12.9. The van der Waals surface area contributed by atoms with Crippen LogP contribution in [0.25, 0.3) is 5.69 Å². The summed E-state index contributed by atoms with van der Waals surface area (Å²) in [5.41, 5.74) is 1.22. The maximum atomic E-state index is 13.0. The molecule has 1 saturated heterocycles. The lowest BCUT2D eigenvalue weighted by Crippen LogP contribution is -2.42. The molecule has 0 bridgehead atoms. The fraction of sp³-hybridized carbons (Fsp3) is 0.412. The number of rotatable bonds is 2. The van der Waals surface area contributed by atoms with Gasteiger partial charge in [-0.15, -0.1) is 0 Å². The summed E-state index contributed by atoms with van der Waals surface area (Å²) < 4.78 is 14.7. The summed E-state index contributed by atoms with van der Waals surface area (Å²) in [5, 5.41) is 0. The lowest BCUT2D eigenvalue weighted by Gasteiger charge is -2.34. The van der Waals surface area contributed by atoms with Crippen molar-refractivity contribution in [2.75, 3.05) is 13.1 Å². The van der Waals surface area contributed by atoms with E-state index in [1.807, 2.05) is 4.90 Å². The number of hydrogen-bond donors (Lipinski definition) is 0. The predicted molar refractivity (Wildman–Crippen MR) is 82.4 cm³/mol. The van der Waals surface area contributed by atoms with Gasteiger partial charge in [-0.1, -0.05) is 13.8 Å². The van der Waals surface area contributed by atoms with Gasteiger partial charge in [-0.25, -0.2) is 9.37 Å². The summed E-state index contributed by atoms with van der Waals surface area (Å²) in [6.45, 7) is 5.92. The molecule has 3 rings (SSSR count). The molecule has 116 valence electrons. The Kier molecular flexibility index (Phi) is 3.96. The highest BCUT2D eigenvalue weighted by molar-refractivity contribution is 5.92. The molecule has 1 fully saturated rings. The topological polar surface area (TPSA) is 38.1 Å². The number of nitrogens with zero attached hydrogens (tertiary/aromatic N) is 3. The molecular formula is C17H20FN3O. The Morgan fingerprint density at radius 1 is 1.18 bits per heavy atom. The lowest BCUT2D eigenvalue weighted by molar-refractivity contribution is 0.0617. The van der Waals surface area contributed by atoms with Crippen LogP contribution in [-0.4, -0.2) is 33.4 Å². The Balaban J connectivity index is 1.78. The van der Waals surface area contributed by atoms with E-state index in [0.29, 0.717) is 17.5 Å². The number of halogens is 1. The van der Waals surface area contributed by atoms with Gasteiger partial charge in [0.1, 0.15) is 17.8 Å². The van der Waals surface area contributed by atoms with Crippen molar-refractivity contribution in [1.82, 2.24) is 14.5 Å². The van der Waals surface area contributed by atoms with E-state index < -0.39 is 0 Å². The number of piperidine rings is 1. The summed E-state index contributed by atoms with van der Waals surface area (Å²) >= 11 is 0. The molecule has 0 saturated carbocycles. The first kappa shape index (κ1) is 14.8. The Bertz CT molecular complexity index is 655. The molecule has 0 aliphatic carbocycles. The summed E-state index contributed by atoms with van der Waals surface area (Å²) in [4.78, 5) is 18.7. The van der Waals surface area contributed by atoms with Crippen LogP contribution in [0.15, 0.2) is 36.8 Å². The quantitative estimate of drug-likeness (QED) is 0.854. The monoisotopic (exact) mass is 301 g/mol. The first-order valence-electron chi connectivity index (χ1n) is 7.62. The van der Waals surface area contributed by atoms with Gasteiger partial charge in [0.15, 0.2) is 0 Å². The van der Waals surface area contributed by atoms with Crippen LogP contribution in [0.3, 0.4) is 0 Å². The highest BCUT2D eigenvalue weighted by Crippen LogP contribution is 2.22. The van der Waals surface area contributed by atoms with Gasteiger partial charge in [-0.05, 0) is 42.5 Å². The van der Waals surface area contributed by atoms with Gasteiger partial charge < -0.3 is 9.47 Å². The van der Waals surface area contributed by atoms with Crippen LogP contribution in [0, 0.1) is 17.7 Å². The fourth-order valence-electron chi connectivity index (χ4n) is 3.18. The summed E-state index contributed by atoms with van der Waals surface area (Å²) in [6, 6.07) is 6.11. The Morgan fingerprint density at radius 3 is 2.45 bits per heavy atom. The number of likely N-dealkylation sites (tertiary alicyclic amines) is 1. The van der Waals surface area contributed by atoms with E-state index in [1.165, 1.54) is 12.1 Å². The van der Waals surface area contributed by atoms with E-state index in [-0.39, 0.29) is 11.7 Å². The average Bonchev–Trinajstić information content (AvgIpc) is 2.96. The minimum Gasteiger partial charge on any atom is -0.337 e. The van der Waals surface area contributed by atoms with Crippen LogP contribution in [0.5, 0.6) is 0 Å². The number of carbonyl (C=O) groups is 1. The van der Waals surface area contributed by atoms with Gasteiger partial charge in [0.2, 0.25) is 0 Å². The standard InChI is InChI=1S/C17H20FN3O/c1-12-7-13(2)9-20(8-12)17(22)16-10-21(11-19-16)15-5-3-14(18)4-6-15/h3-6,10-13H,7-9H2,1-2H3. The van der Waals surface area contributed by atoms with Gasteiger partial charge in [0.25, 0.3) is 5.91 Å². The molecule has 22 heavy (non-hydrogen) atoms. The molecular weight excluding hydrogens is 281 g/mol. The average molecular weight is 301 g/mol. The van der Waals surface area contributed by atoms with Crippen LogP contribution in [0.4, 0.5) is 4.39 Å². The third-order valence-corrected chi connectivity index (χ3v) is 4.08. The molecule has 2 atom stereocenters. The van der Waals surface area contributed by atoms with Crippen LogP contribution in [0.2, 0.25) is 0 Å². The van der Waals surface area contributed by atoms with Gasteiger partial charge in [0, 0.05) is 25.0 Å². The fourth-order valence-corrected chi connectivity index (χ4v) is 3.18. The molecule has 1 amide bonds. The van der Waals surface area contributed by atoms with Crippen molar-refractivity contribution in [3.63, 3.8) is 0 Å². The largest absolute Gasteiger partial charge is 0.337 e. The zero-order chi connectivity index (χ0) is 15.7. The van der Waals surface area contributed by atoms with Crippen molar-refractivity contribution in [2.45, 2.75) is 20.3 Å². The number of hydrogen-bond acceptors (Lipinski definition) is 2. The van der Waals surface area contributed by atoms with Crippen LogP contribution in [-0.2, 0) is 0 Å². The maximum Gasteiger partial charge on any atom is 0.274 e. The second-order valence-corrected chi connectivity index (χ2v) is 6.30. The molecule has 2 heterocycles. The van der Waals surface area contributed by atoms with Crippen molar-refractivity contribution in [3.8, 4) is 5.69 Å². The molecule has 5 heteroatoms. The number of aromatic nitrogens is 2. The maximum absolute atomic E-state index is 13.0. The predicted octanol–water partition coefficient (Wildman–Crippen LogP) is 3.13. The van der Waals surface area contributed by atoms with E-state index in [9.17, 15) is 9.18 Å². The Morgan fingerprint density at radius 2 is 1.82 bits per heavy atom. The number of benzene rings is 1. The Labute approximate surface area is 129 Å². The minimum atomic E-state index is -0.281. The smallest absolute Gasteiger partial charge is 0.274 e. The molecule has 2 unspecified atom stereocenters.